The summed E-state index contributed by atoms with van der Waals surface area (Å²) >= 11 is 0. The number of rotatable bonds is 5. The molecule has 0 spiro atoms. The summed E-state index contributed by atoms with van der Waals surface area (Å²) in [4.78, 5) is 12.3. The van der Waals surface area contributed by atoms with Crippen LogP contribution in [0.15, 0.2) is 24.3 Å². The molecule has 1 atom stereocenters. The third-order valence-electron chi connectivity index (χ3n) is 4.39. The Morgan fingerprint density at radius 2 is 2.16 bits per heavy atom. The van der Waals surface area contributed by atoms with Crippen LogP contribution in [0.2, 0.25) is 0 Å². The normalized spacial score (nSPS) is 16.8. The van der Waals surface area contributed by atoms with Crippen molar-refractivity contribution in [2.24, 2.45) is 13.0 Å². The predicted octanol–water partition coefficient (Wildman–Crippen LogP) is 2.95. The number of anilines is 1. The van der Waals surface area contributed by atoms with Gasteiger partial charge in [-0.25, -0.2) is 9.18 Å². The van der Waals surface area contributed by atoms with Gasteiger partial charge in [0.2, 0.25) is 0 Å². The Morgan fingerprint density at radius 3 is 2.80 bits per heavy atom. The van der Waals surface area contributed by atoms with Gasteiger partial charge in [-0.05, 0) is 30.5 Å². The first kappa shape index (κ1) is 17.4. The van der Waals surface area contributed by atoms with E-state index in [1.807, 2.05) is 6.92 Å². The Hall–Kier alpha value is -2.41. The number of amides is 2. The van der Waals surface area contributed by atoms with Crippen molar-refractivity contribution in [3.8, 4) is 11.1 Å². The molecule has 7 heteroatoms. The number of urea groups is 1. The van der Waals surface area contributed by atoms with Gasteiger partial charge in [0.05, 0.1) is 12.3 Å². The second-order valence-corrected chi connectivity index (χ2v) is 6.22. The number of halogens is 1. The van der Waals surface area contributed by atoms with Crippen molar-refractivity contribution in [2.45, 2.75) is 19.8 Å². The lowest BCUT2D eigenvalue weighted by Gasteiger charge is -2.12. The second-order valence-electron chi connectivity index (χ2n) is 6.22. The van der Waals surface area contributed by atoms with Crippen molar-refractivity contribution in [3.63, 3.8) is 0 Å². The highest BCUT2D eigenvalue weighted by atomic mass is 19.1. The molecule has 2 amide bonds. The van der Waals surface area contributed by atoms with Gasteiger partial charge in [0.25, 0.3) is 0 Å². The van der Waals surface area contributed by atoms with Gasteiger partial charge < -0.3 is 10.1 Å². The number of hydrogen-bond acceptors (Lipinski definition) is 3. The number of aromatic nitrogens is 2. The molecule has 1 aliphatic heterocycles. The maximum Gasteiger partial charge on any atom is 0.320 e. The van der Waals surface area contributed by atoms with E-state index in [2.05, 4.69) is 15.7 Å². The van der Waals surface area contributed by atoms with Crippen molar-refractivity contribution in [2.75, 3.05) is 25.1 Å². The van der Waals surface area contributed by atoms with Crippen LogP contribution in [0, 0.1) is 11.7 Å². The Balaban J connectivity index is 1.78. The second kappa shape index (κ2) is 7.65. The van der Waals surface area contributed by atoms with Gasteiger partial charge in [-0.1, -0.05) is 19.1 Å². The Labute approximate surface area is 146 Å². The lowest BCUT2D eigenvalue weighted by atomic mass is 10.0. The number of ether oxygens (including phenoxy) is 1. The number of aryl methyl sites for hydroxylation is 2. The van der Waals surface area contributed by atoms with Crippen LogP contribution in [0.25, 0.3) is 11.1 Å². The molecule has 0 saturated carbocycles. The van der Waals surface area contributed by atoms with E-state index >= 15 is 0 Å². The van der Waals surface area contributed by atoms with E-state index in [1.165, 1.54) is 12.1 Å². The van der Waals surface area contributed by atoms with Gasteiger partial charge in [-0.2, -0.15) is 5.10 Å². The first-order valence-corrected chi connectivity index (χ1v) is 8.53. The molecule has 25 heavy (non-hydrogen) atoms. The van der Waals surface area contributed by atoms with Crippen LogP contribution in [0.3, 0.4) is 0 Å². The van der Waals surface area contributed by atoms with Crippen LogP contribution in [0.4, 0.5) is 15.0 Å². The lowest BCUT2D eigenvalue weighted by Crippen LogP contribution is -2.34. The van der Waals surface area contributed by atoms with Crippen molar-refractivity contribution in [3.05, 3.63) is 35.8 Å². The fraction of sp³-hybridized carbons (Fsp3) is 0.444. The van der Waals surface area contributed by atoms with E-state index < -0.39 is 0 Å². The quantitative estimate of drug-likeness (QED) is 0.875. The van der Waals surface area contributed by atoms with Crippen LogP contribution < -0.4 is 10.6 Å². The maximum atomic E-state index is 13.2. The highest BCUT2D eigenvalue weighted by Crippen LogP contribution is 2.32. The molecule has 6 nitrogen and oxygen atoms in total. The average molecular weight is 346 g/mol. The summed E-state index contributed by atoms with van der Waals surface area (Å²) in [5.41, 5.74) is 2.50. The SMILES string of the molecule is CCc1nn(C)c(NC(=O)NCC2CCOC2)c1-c1ccc(F)cc1. The Kier molecular flexibility index (Phi) is 5.33. The minimum atomic E-state index is -0.295. The summed E-state index contributed by atoms with van der Waals surface area (Å²) in [6.45, 7) is 4.02. The molecule has 0 aliphatic carbocycles. The zero-order chi connectivity index (χ0) is 17.8. The Morgan fingerprint density at radius 1 is 1.40 bits per heavy atom. The number of hydrogen-bond donors (Lipinski definition) is 2. The summed E-state index contributed by atoms with van der Waals surface area (Å²) < 4.78 is 20.2. The monoisotopic (exact) mass is 346 g/mol. The van der Waals surface area contributed by atoms with Gasteiger partial charge >= 0.3 is 6.03 Å². The number of nitrogens with zero attached hydrogens (tertiary/aromatic N) is 2. The van der Waals surface area contributed by atoms with Gasteiger partial charge in [0.15, 0.2) is 0 Å². The largest absolute Gasteiger partial charge is 0.381 e. The third kappa shape index (κ3) is 3.99. The van der Waals surface area contributed by atoms with Crippen molar-refractivity contribution >= 4 is 11.8 Å². The van der Waals surface area contributed by atoms with Crippen LogP contribution in [0.1, 0.15) is 19.0 Å². The van der Waals surface area contributed by atoms with E-state index in [-0.39, 0.29) is 11.8 Å². The summed E-state index contributed by atoms with van der Waals surface area (Å²) in [6.07, 6.45) is 1.68. The molecule has 1 aliphatic rings. The minimum Gasteiger partial charge on any atom is -0.381 e. The summed E-state index contributed by atoms with van der Waals surface area (Å²) in [5.74, 6) is 0.667. The van der Waals surface area contributed by atoms with Gasteiger partial charge in [-0.3, -0.25) is 10.00 Å². The van der Waals surface area contributed by atoms with Crippen LogP contribution in [-0.2, 0) is 18.2 Å². The molecule has 0 radical (unpaired) electrons. The summed E-state index contributed by atoms with van der Waals surface area (Å²) in [6, 6.07) is 5.94. The first-order valence-electron chi connectivity index (χ1n) is 8.53. The molecular weight excluding hydrogens is 323 g/mol. The van der Waals surface area contributed by atoms with E-state index in [0.29, 0.717) is 31.3 Å². The molecule has 2 N–H and O–H groups in total. The number of benzene rings is 1. The Bertz CT molecular complexity index is 736. The fourth-order valence-corrected chi connectivity index (χ4v) is 3.02. The smallest absolute Gasteiger partial charge is 0.320 e. The topological polar surface area (TPSA) is 68.2 Å². The predicted molar refractivity (Wildman–Crippen MR) is 93.9 cm³/mol. The average Bonchev–Trinajstić information content (AvgIpc) is 3.22. The highest BCUT2D eigenvalue weighted by Gasteiger charge is 2.20. The van der Waals surface area contributed by atoms with Gasteiger partial charge in [-0.15, -0.1) is 0 Å². The molecule has 134 valence electrons. The number of nitrogens with one attached hydrogen (secondary N) is 2. The van der Waals surface area contributed by atoms with E-state index in [0.717, 1.165) is 29.8 Å². The van der Waals surface area contributed by atoms with Crippen LogP contribution >= 0.6 is 0 Å². The van der Waals surface area contributed by atoms with E-state index in [9.17, 15) is 9.18 Å². The molecule has 2 aromatic rings. The molecule has 0 bridgehead atoms. The molecule has 1 saturated heterocycles. The zero-order valence-corrected chi connectivity index (χ0v) is 14.5. The third-order valence-corrected chi connectivity index (χ3v) is 4.39. The van der Waals surface area contributed by atoms with E-state index in [4.69, 9.17) is 4.74 Å². The minimum absolute atomic E-state index is 0.277. The van der Waals surface area contributed by atoms with Crippen LogP contribution in [-0.4, -0.2) is 35.6 Å². The molecule has 2 heterocycles. The molecular formula is C18H23FN4O2. The summed E-state index contributed by atoms with van der Waals surface area (Å²) in [7, 11) is 1.78. The molecule has 1 unspecified atom stereocenters. The van der Waals surface area contributed by atoms with Crippen molar-refractivity contribution < 1.29 is 13.9 Å². The summed E-state index contributed by atoms with van der Waals surface area (Å²) in [5, 5.41) is 10.2. The van der Waals surface area contributed by atoms with Crippen molar-refractivity contribution in [1.82, 2.24) is 15.1 Å². The molecule has 1 fully saturated rings. The fourth-order valence-electron chi connectivity index (χ4n) is 3.02. The number of carbonyl (C=O) groups is 1. The molecule has 1 aromatic heterocycles. The highest BCUT2D eigenvalue weighted by molar-refractivity contribution is 5.93. The first-order chi connectivity index (χ1) is 12.1. The van der Waals surface area contributed by atoms with Gasteiger partial charge in [0, 0.05) is 31.7 Å². The maximum absolute atomic E-state index is 13.2. The zero-order valence-electron chi connectivity index (χ0n) is 14.5. The van der Waals surface area contributed by atoms with Crippen LogP contribution in [0.5, 0.6) is 0 Å². The lowest BCUT2D eigenvalue weighted by molar-refractivity contribution is 0.185. The van der Waals surface area contributed by atoms with Gasteiger partial charge in [0.1, 0.15) is 11.6 Å². The van der Waals surface area contributed by atoms with E-state index in [1.54, 1.807) is 23.9 Å². The van der Waals surface area contributed by atoms with Crippen molar-refractivity contribution in [1.29, 1.82) is 0 Å². The molecule has 3 rings (SSSR count). The standard InChI is InChI=1S/C18H23FN4O2/c1-3-15-16(13-4-6-14(19)7-5-13)17(23(2)22-15)21-18(24)20-10-12-8-9-25-11-12/h4-7,12H,3,8-11H2,1-2H3,(H2,20,21,24). The molecule has 1 aromatic carbocycles. The number of carbonyl (C=O) groups excluding carboxylic acids is 1.